The van der Waals surface area contributed by atoms with Gasteiger partial charge in [0.25, 0.3) is 0 Å². The van der Waals surface area contributed by atoms with Gasteiger partial charge in [-0.1, -0.05) is 5.57 Å². The van der Waals surface area contributed by atoms with Crippen LogP contribution < -0.4 is 0 Å². The van der Waals surface area contributed by atoms with E-state index in [4.69, 9.17) is 4.74 Å². The van der Waals surface area contributed by atoms with E-state index < -0.39 is 0 Å². The number of nitrogens with zero attached hydrogens (tertiary/aromatic N) is 1. The standard InChI is InChI=1S/C13H17NO2/c1-11(2)10-13(15)16-9-3-4-12-5-7-14-8-6-12/h5-8,10H,3-4,9H2,1-2H3. The molecule has 0 fully saturated rings. The Morgan fingerprint density at radius 1 is 1.38 bits per heavy atom. The summed E-state index contributed by atoms with van der Waals surface area (Å²) in [6, 6.07) is 3.94. The van der Waals surface area contributed by atoms with Gasteiger partial charge in [0, 0.05) is 18.5 Å². The first-order chi connectivity index (χ1) is 7.68. The van der Waals surface area contributed by atoms with E-state index >= 15 is 0 Å². The fourth-order valence-electron chi connectivity index (χ4n) is 1.28. The van der Waals surface area contributed by atoms with Crippen molar-refractivity contribution in [2.45, 2.75) is 26.7 Å². The minimum atomic E-state index is -0.255. The Balaban J connectivity index is 2.18. The average Bonchev–Trinajstić information content (AvgIpc) is 2.25. The monoisotopic (exact) mass is 219 g/mol. The molecule has 0 unspecified atom stereocenters. The van der Waals surface area contributed by atoms with E-state index in [2.05, 4.69) is 4.98 Å². The molecule has 86 valence electrons. The Labute approximate surface area is 96.2 Å². The van der Waals surface area contributed by atoms with Crippen LogP contribution in [0.5, 0.6) is 0 Å². The molecule has 0 aliphatic rings. The van der Waals surface area contributed by atoms with Crippen LogP contribution in [0.25, 0.3) is 0 Å². The summed E-state index contributed by atoms with van der Waals surface area (Å²) < 4.78 is 5.04. The Hall–Kier alpha value is -1.64. The average molecular weight is 219 g/mol. The van der Waals surface area contributed by atoms with E-state index in [-0.39, 0.29) is 5.97 Å². The highest BCUT2D eigenvalue weighted by molar-refractivity contribution is 5.82. The van der Waals surface area contributed by atoms with Crippen LogP contribution in [0.4, 0.5) is 0 Å². The number of carbonyl (C=O) groups excluding carboxylic acids is 1. The number of esters is 1. The van der Waals surface area contributed by atoms with Crippen LogP contribution in [-0.4, -0.2) is 17.6 Å². The Morgan fingerprint density at radius 3 is 2.69 bits per heavy atom. The van der Waals surface area contributed by atoms with Gasteiger partial charge in [-0.3, -0.25) is 4.98 Å². The highest BCUT2D eigenvalue weighted by Crippen LogP contribution is 2.01. The molecule has 0 saturated carbocycles. The topological polar surface area (TPSA) is 39.2 Å². The molecule has 0 aromatic carbocycles. The molecule has 0 aliphatic carbocycles. The summed E-state index contributed by atoms with van der Waals surface area (Å²) in [5, 5.41) is 0. The van der Waals surface area contributed by atoms with Gasteiger partial charge < -0.3 is 4.74 Å². The third-order valence-corrected chi connectivity index (χ3v) is 2.01. The lowest BCUT2D eigenvalue weighted by molar-refractivity contribution is -0.137. The first-order valence-corrected chi connectivity index (χ1v) is 5.39. The normalized spacial score (nSPS) is 9.62. The van der Waals surface area contributed by atoms with Crippen molar-refractivity contribution in [3.05, 3.63) is 41.7 Å². The minimum Gasteiger partial charge on any atom is -0.463 e. The van der Waals surface area contributed by atoms with Crippen LogP contribution in [0.15, 0.2) is 36.2 Å². The van der Waals surface area contributed by atoms with Gasteiger partial charge in [0.05, 0.1) is 6.61 Å². The van der Waals surface area contributed by atoms with E-state index in [1.165, 1.54) is 11.6 Å². The molecule has 3 heteroatoms. The van der Waals surface area contributed by atoms with Crippen molar-refractivity contribution in [2.75, 3.05) is 6.61 Å². The van der Waals surface area contributed by atoms with E-state index in [9.17, 15) is 4.79 Å². The van der Waals surface area contributed by atoms with Crippen LogP contribution in [-0.2, 0) is 16.0 Å². The highest BCUT2D eigenvalue weighted by atomic mass is 16.5. The molecule has 0 radical (unpaired) electrons. The maximum atomic E-state index is 11.2. The highest BCUT2D eigenvalue weighted by Gasteiger charge is 1.98. The zero-order valence-corrected chi connectivity index (χ0v) is 9.77. The van der Waals surface area contributed by atoms with E-state index in [0.29, 0.717) is 6.61 Å². The number of hydrogen-bond donors (Lipinski definition) is 0. The second-order valence-electron chi connectivity index (χ2n) is 3.85. The van der Waals surface area contributed by atoms with Gasteiger partial charge >= 0.3 is 5.97 Å². The number of carbonyl (C=O) groups is 1. The molecular formula is C13H17NO2. The molecule has 0 amide bonds. The third-order valence-electron chi connectivity index (χ3n) is 2.01. The number of aromatic nitrogens is 1. The van der Waals surface area contributed by atoms with Gasteiger partial charge in [-0.15, -0.1) is 0 Å². The van der Waals surface area contributed by atoms with E-state index in [1.54, 1.807) is 12.4 Å². The van der Waals surface area contributed by atoms with Gasteiger partial charge in [-0.05, 0) is 44.4 Å². The van der Waals surface area contributed by atoms with E-state index in [0.717, 1.165) is 18.4 Å². The Bertz CT molecular complexity index is 353. The molecule has 0 spiro atoms. The third kappa shape index (κ3) is 5.29. The second-order valence-corrected chi connectivity index (χ2v) is 3.85. The zero-order valence-electron chi connectivity index (χ0n) is 9.77. The van der Waals surface area contributed by atoms with Crippen molar-refractivity contribution in [3.63, 3.8) is 0 Å². The molecular weight excluding hydrogens is 202 g/mol. The van der Waals surface area contributed by atoms with Gasteiger partial charge in [0.2, 0.25) is 0 Å². The summed E-state index contributed by atoms with van der Waals surface area (Å²) in [7, 11) is 0. The van der Waals surface area contributed by atoms with Gasteiger partial charge in [-0.25, -0.2) is 4.79 Å². The van der Waals surface area contributed by atoms with Crippen LogP contribution >= 0.6 is 0 Å². The second kappa shape index (κ2) is 6.77. The summed E-state index contributed by atoms with van der Waals surface area (Å²) in [6.07, 6.45) is 6.79. The first kappa shape index (κ1) is 12.4. The minimum absolute atomic E-state index is 0.255. The van der Waals surface area contributed by atoms with Gasteiger partial charge in [0.1, 0.15) is 0 Å². The predicted octanol–water partition coefficient (Wildman–Crippen LogP) is 2.52. The summed E-state index contributed by atoms with van der Waals surface area (Å²) in [5.74, 6) is -0.255. The van der Waals surface area contributed by atoms with Crippen molar-refractivity contribution >= 4 is 5.97 Å². The van der Waals surface area contributed by atoms with Crippen molar-refractivity contribution in [2.24, 2.45) is 0 Å². The zero-order chi connectivity index (χ0) is 11.8. The molecule has 1 aromatic rings. The summed E-state index contributed by atoms with van der Waals surface area (Å²) in [4.78, 5) is 15.1. The van der Waals surface area contributed by atoms with E-state index in [1.807, 2.05) is 26.0 Å². The fourth-order valence-corrected chi connectivity index (χ4v) is 1.28. The summed E-state index contributed by atoms with van der Waals surface area (Å²) in [6.45, 7) is 4.21. The molecule has 0 aliphatic heterocycles. The van der Waals surface area contributed by atoms with Crippen molar-refractivity contribution in [3.8, 4) is 0 Å². The van der Waals surface area contributed by atoms with Crippen LogP contribution in [0, 0.1) is 0 Å². The molecule has 1 heterocycles. The summed E-state index contributed by atoms with van der Waals surface area (Å²) >= 11 is 0. The van der Waals surface area contributed by atoms with Gasteiger partial charge in [0.15, 0.2) is 0 Å². The Kier molecular flexibility index (Phi) is 5.26. The van der Waals surface area contributed by atoms with Crippen LogP contribution in [0.2, 0.25) is 0 Å². The predicted molar refractivity (Wildman–Crippen MR) is 62.9 cm³/mol. The van der Waals surface area contributed by atoms with Crippen molar-refractivity contribution in [1.82, 2.24) is 4.98 Å². The SMILES string of the molecule is CC(C)=CC(=O)OCCCc1ccncc1. The number of rotatable bonds is 5. The molecule has 16 heavy (non-hydrogen) atoms. The number of ether oxygens (including phenoxy) is 1. The molecule has 3 nitrogen and oxygen atoms in total. The quantitative estimate of drug-likeness (QED) is 0.434. The maximum Gasteiger partial charge on any atom is 0.330 e. The number of pyridine rings is 1. The molecule has 1 aromatic heterocycles. The maximum absolute atomic E-state index is 11.2. The smallest absolute Gasteiger partial charge is 0.330 e. The number of hydrogen-bond acceptors (Lipinski definition) is 3. The van der Waals surface area contributed by atoms with Crippen LogP contribution in [0.1, 0.15) is 25.8 Å². The fraction of sp³-hybridized carbons (Fsp3) is 0.385. The molecule has 0 saturated heterocycles. The summed E-state index contributed by atoms with van der Waals surface area (Å²) in [5.41, 5.74) is 2.17. The molecule has 0 atom stereocenters. The van der Waals surface area contributed by atoms with Gasteiger partial charge in [-0.2, -0.15) is 0 Å². The lowest BCUT2D eigenvalue weighted by Crippen LogP contribution is -2.03. The largest absolute Gasteiger partial charge is 0.463 e. The lowest BCUT2D eigenvalue weighted by atomic mass is 10.1. The molecule has 0 bridgehead atoms. The molecule has 0 N–H and O–H groups in total. The number of allylic oxidation sites excluding steroid dienone is 1. The molecule has 1 rings (SSSR count). The van der Waals surface area contributed by atoms with Crippen molar-refractivity contribution in [1.29, 1.82) is 0 Å². The Morgan fingerprint density at radius 2 is 2.06 bits per heavy atom. The lowest BCUT2D eigenvalue weighted by Gasteiger charge is -2.02. The van der Waals surface area contributed by atoms with Crippen LogP contribution in [0.3, 0.4) is 0 Å². The number of aryl methyl sites for hydroxylation is 1. The first-order valence-electron chi connectivity index (χ1n) is 5.39. The van der Waals surface area contributed by atoms with Crippen molar-refractivity contribution < 1.29 is 9.53 Å².